The molecular formula is C25H24FN3O3. The van der Waals surface area contributed by atoms with Gasteiger partial charge in [-0.3, -0.25) is 4.79 Å². The minimum absolute atomic E-state index is 0.0341. The predicted octanol–water partition coefficient (Wildman–Crippen LogP) is 3.76. The SMILES string of the molecule is COc1ccc(OC)c(C2C3C(NNC3c3ccc(F)cc3)C(=O)N2c2ccccc2)c1. The smallest absolute Gasteiger partial charge is 0.246 e. The van der Waals surface area contributed by atoms with Crippen LogP contribution in [0.25, 0.3) is 0 Å². The van der Waals surface area contributed by atoms with Crippen LogP contribution in [-0.2, 0) is 4.79 Å². The Morgan fingerprint density at radius 2 is 1.59 bits per heavy atom. The summed E-state index contributed by atoms with van der Waals surface area (Å²) in [6.07, 6.45) is 0. The molecule has 0 saturated carbocycles. The van der Waals surface area contributed by atoms with Gasteiger partial charge < -0.3 is 14.4 Å². The van der Waals surface area contributed by atoms with Crippen molar-refractivity contribution in [2.24, 2.45) is 5.92 Å². The first-order chi connectivity index (χ1) is 15.6. The second kappa shape index (κ2) is 8.26. The minimum Gasteiger partial charge on any atom is -0.497 e. The van der Waals surface area contributed by atoms with Crippen molar-refractivity contribution in [3.63, 3.8) is 0 Å². The van der Waals surface area contributed by atoms with Crippen molar-refractivity contribution in [1.82, 2.24) is 10.9 Å². The van der Waals surface area contributed by atoms with Crippen molar-refractivity contribution in [3.8, 4) is 11.5 Å². The molecule has 32 heavy (non-hydrogen) atoms. The number of hydrazine groups is 1. The molecule has 3 aromatic carbocycles. The molecule has 0 aliphatic carbocycles. The number of methoxy groups -OCH3 is 2. The number of hydrogen-bond donors (Lipinski definition) is 2. The maximum absolute atomic E-state index is 13.6. The molecular weight excluding hydrogens is 409 g/mol. The van der Waals surface area contributed by atoms with Crippen molar-refractivity contribution >= 4 is 11.6 Å². The van der Waals surface area contributed by atoms with E-state index in [1.165, 1.54) is 12.1 Å². The first-order valence-corrected chi connectivity index (χ1v) is 10.5. The standard InChI is InChI=1S/C25H24FN3O3/c1-31-18-12-13-20(32-2)19(14-18)24-21-22(15-8-10-16(26)11-9-15)27-28-23(21)25(30)29(24)17-6-4-3-5-7-17/h3-14,21-24,27-28H,1-2H3. The molecule has 7 heteroatoms. The number of halogens is 1. The van der Waals surface area contributed by atoms with E-state index >= 15 is 0 Å². The summed E-state index contributed by atoms with van der Waals surface area (Å²) >= 11 is 0. The highest BCUT2D eigenvalue weighted by atomic mass is 19.1. The lowest BCUT2D eigenvalue weighted by Crippen LogP contribution is -2.41. The van der Waals surface area contributed by atoms with Gasteiger partial charge in [-0.15, -0.1) is 0 Å². The quantitative estimate of drug-likeness (QED) is 0.642. The topological polar surface area (TPSA) is 62.8 Å². The molecule has 4 unspecified atom stereocenters. The highest BCUT2D eigenvalue weighted by Crippen LogP contribution is 2.51. The third kappa shape index (κ3) is 3.30. The number of carbonyl (C=O) groups excluding carboxylic acids is 1. The maximum Gasteiger partial charge on any atom is 0.246 e. The van der Waals surface area contributed by atoms with E-state index in [1.807, 2.05) is 53.4 Å². The molecule has 0 radical (unpaired) electrons. The van der Waals surface area contributed by atoms with Crippen molar-refractivity contribution in [1.29, 1.82) is 0 Å². The van der Waals surface area contributed by atoms with E-state index in [-0.39, 0.29) is 29.7 Å². The maximum atomic E-state index is 13.6. The number of nitrogens with one attached hydrogen (secondary N) is 2. The number of para-hydroxylation sites is 1. The Balaban J connectivity index is 1.68. The molecule has 2 aliphatic rings. The second-order valence-electron chi connectivity index (χ2n) is 7.97. The van der Waals surface area contributed by atoms with Crippen LogP contribution >= 0.6 is 0 Å². The summed E-state index contributed by atoms with van der Waals surface area (Å²) in [4.78, 5) is 15.5. The van der Waals surface area contributed by atoms with Gasteiger partial charge in [-0.2, -0.15) is 0 Å². The Morgan fingerprint density at radius 1 is 0.875 bits per heavy atom. The number of amides is 1. The van der Waals surface area contributed by atoms with Crippen LogP contribution in [-0.4, -0.2) is 26.2 Å². The number of carbonyl (C=O) groups is 1. The zero-order chi connectivity index (χ0) is 22.2. The van der Waals surface area contributed by atoms with E-state index in [2.05, 4.69) is 10.9 Å². The predicted molar refractivity (Wildman–Crippen MR) is 119 cm³/mol. The van der Waals surface area contributed by atoms with Crippen LogP contribution in [0.5, 0.6) is 11.5 Å². The van der Waals surface area contributed by atoms with Crippen LogP contribution in [0.1, 0.15) is 23.2 Å². The third-order valence-corrected chi connectivity index (χ3v) is 6.33. The number of hydrogen-bond acceptors (Lipinski definition) is 5. The van der Waals surface area contributed by atoms with E-state index in [0.29, 0.717) is 11.5 Å². The normalized spacial score (nSPS) is 24.5. The highest BCUT2D eigenvalue weighted by molar-refractivity contribution is 6.01. The molecule has 164 valence electrons. The van der Waals surface area contributed by atoms with Crippen LogP contribution < -0.4 is 25.2 Å². The Bertz CT molecular complexity index is 1120. The largest absolute Gasteiger partial charge is 0.497 e. The van der Waals surface area contributed by atoms with E-state index in [0.717, 1.165) is 16.8 Å². The Labute approximate surface area is 185 Å². The molecule has 2 heterocycles. The lowest BCUT2D eigenvalue weighted by atomic mass is 9.83. The minimum atomic E-state index is -0.453. The summed E-state index contributed by atoms with van der Waals surface area (Å²) in [6.45, 7) is 0. The number of rotatable bonds is 5. The number of nitrogens with zero attached hydrogens (tertiary/aromatic N) is 1. The van der Waals surface area contributed by atoms with Gasteiger partial charge in [0.1, 0.15) is 23.4 Å². The number of ether oxygens (including phenoxy) is 2. The molecule has 0 spiro atoms. The molecule has 4 atom stereocenters. The fraction of sp³-hybridized carbons (Fsp3) is 0.240. The first-order valence-electron chi connectivity index (χ1n) is 10.5. The molecule has 2 saturated heterocycles. The monoisotopic (exact) mass is 433 g/mol. The lowest BCUT2D eigenvalue weighted by molar-refractivity contribution is -0.119. The van der Waals surface area contributed by atoms with Gasteiger partial charge in [-0.1, -0.05) is 30.3 Å². The van der Waals surface area contributed by atoms with Gasteiger partial charge in [0, 0.05) is 17.2 Å². The van der Waals surface area contributed by atoms with E-state index in [9.17, 15) is 9.18 Å². The summed E-state index contributed by atoms with van der Waals surface area (Å²) < 4.78 is 24.8. The van der Waals surface area contributed by atoms with Crippen LogP contribution in [0.15, 0.2) is 72.8 Å². The zero-order valence-electron chi connectivity index (χ0n) is 17.8. The summed E-state index contributed by atoms with van der Waals surface area (Å²) in [5.41, 5.74) is 9.03. The number of benzene rings is 3. The number of fused-ring (bicyclic) bond motifs is 1. The number of anilines is 1. The van der Waals surface area contributed by atoms with Crippen LogP contribution in [0.2, 0.25) is 0 Å². The van der Waals surface area contributed by atoms with Gasteiger partial charge in [0.2, 0.25) is 5.91 Å². The molecule has 0 aromatic heterocycles. The van der Waals surface area contributed by atoms with Crippen LogP contribution in [0.4, 0.5) is 10.1 Å². The fourth-order valence-electron chi connectivity index (χ4n) is 4.88. The van der Waals surface area contributed by atoms with Crippen molar-refractivity contribution in [2.45, 2.75) is 18.1 Å². The molecule has 2 fully saturated rings. The lowest BCUT2D eigenvalue weighted by Gasteiger charge is -2.32. The molecule has 3 aromatic rings. The van der Waals surface area contributed by atoms with E-state index in [4.69, 9.17) is 9.47 Å². The molecule has 6 nitrogen and oxygen atoms in total. The molecule has 5 rings (SSSR count). The van der Waals surface area contributed by atoms with Gasteiger partial charge in [0.15, 0.2) is 0 Å². The summed E-state index contributed by atoms with van der Waals surface area (Å²) in [6, 6.07) is 20.6. The van der Waals surface area contributed by atoms with Crippen LogP contribution in [0, 0.1) is 11.7 Å². The molecule has 1 amide bonds. The molecule has 2 aliphatic heterocycles. The van der Waals surface area contributed by atoms with Crippen molar-refractivity contribution in [2.75, 3.05) is 19.1 Å². The molecule has 0 bridgehead atoms. The van der Waals surface area contributed by atoms with Gasteiger partial charge in [0.05, 0.1) is 26.3 Å². The van der Waals surface area contributed by atoms with Gasteiger partial charge >= 0.3 is 0 Å². The van der Waals surface area contributed by atoms with Gasteiger partial charge in [0.25, 0.3) is 0 Å². The third-order valence-electron chi connectivity index (χ3n) is 6.33. The van der Waals surface area contributed by atoms with Gasteiger partial charge in [-0.25, -0.2) is 15.2 Å². The average Bonchev–Trinajstić information content (AvgIpc) is 3.38. The Kier molecular flexibility index (Phi) is 5.28. The fourth-order valence-corrected chi connectivity index (χ4v) is 4.88. The Morgan fingerprint density at radius 3 is 2.28 bits per heavy atom. The highest BCUT2D eigenvalue weighted by Gasteiger charge is 2.56. The summed E-state index contributed by atoms with van der Waals surface area (Å²) in [7, 11) is 3.23. The second-order valence-corrected chi connectivity index (χ2v) is 7.97. The summed E-state index contributed by atoms with van der Waals surface area (Å²) in [5.74, 6) is 0.856. The van der Waals surface area contributed by atoms with Crippen molar-refractivity contribution < 1.29 is 18.7 Å². The average molecular weight is 433 g/mol. The summed E-state index contributed by atoms with van der Waals surface area (Å²) in [5, 5.41) is 0. The van der Waals surface area contributed by atoms with Crippen molar-refractivity contribution in [3.05, 3.63) is 89.7 Å². The molecule has 2 N–H and O–H groups in total. The van der Waals surface area contributed by atoms with E-state index < -0.39 is 6.04 Å². The first kappa shape index (κ1) is 20.5. The van der Waals surface area contributed by atoms with Gasteiger partial charge in [-0.05, 0) is 48.0 Å². The Hall–Kier alpha value is -3.42. The van der Waals surface area contributed by atoms with E-state index in [1.54, 1.807) is 26.4 Å². The van der Waals surface area contributed by atoms with Crippen LogP contribution in [0.3, 0.4) is 0 Å². The zero-order valence-corrected chi connectivity index (χ0v) is 17.8.